The van der Waals surface area contributed by atoms with Crippen LogP contribution in [0.15, 0.2) is 42.6 Å². The molecule has 0 fully saturated rings. The van der Waals surface area contributed by atoms with E-state index in [1.165, 1.54) is 11.3 Å². The quantitative estimate of drug-likeness (QED) is 0.745. The molecule has 0 aliphatic heterocycles. The minimum atomic E-state index is -0.123. The highest BCUT2D eigenvalue weighted by molar-refractivity contribution is 7.17. The minimum absolute atomic E-state index is 0.123. The van der Waals surface area contributed by atoms with Crippen molar-refractivity contribution < 1.29 is 4.79 Å². The summed E-state index contributed by atoms with van der Waals surface area (Å²) in [7, 11) is 0. The lowest BCUT2D eigenvalue weighted by molar-refractivity contribution is 0.0955. The van der Waals surface area contributed by atoms with Crippen molar-refractivity contribution in [2.75, 3.05) is 5.73 Å². The number of nitrogens with two attached hydrogens (primary N) is 1. The van der Waals surface area contributed by atoms with E-state index in [0.29, 0.717) is 22.1 Å². The van der Waals surface area contributed by atoms with Gasteiger partial charge in [-0.25, -0.2) is 9.97 Å². The van der Waals surface area contributed by atoms with Crippen molar-refractivity contribution >= 4 is 34.8 Å². The molecule has 0 saturated heterocycles. The molecule has 0 unspecified atom stereocenters. The summed E-state index contributed by atoms with van der Waals surface area (Å²) in [5.41, 5.74) is 8.38. The molecule has 0 spiro atoms. The van der Waals surface area contributed by atoms with Crippen LogP contribution in [0.1, 0.15) is 20.8 Å². The molecular formula is C17H15ClN4OS. The Bertz CT molecular complexity index is 894. The van der Waals surface area contributed by atoms with Crippen LogP contribution in [-0.2, 0) is 6.54 Å². The van der Waals surface area contributed by atoms with Crippen molar-refractivity contribution in [3.8, 4) is 10.6 Å². The second kappa shape index (κ2) is 6.98. The van der Waals surface area contributed by atoms with Crippen LogP contribution < -0.4 is 11.1 Å². The number of thiophene rings is 1. The number of rotatable bonds is 4. The van der Waals surface area contributed by atoms with E-state index in [-0.39, 0.29) is 11.9 Å². The Hall–Kier alpha value is -2.44. The third-order valence-corrected chi connectivity index (χ3v) is 4.84. The third kappa shape index (κ3) is 3.72. The van der Waals surface area contributed by atoms with Gasteiger partial charge in [-0.1, -0.05) is 17.7 Å². The van der Waals surface area contributed by atoms with Gasteiger partial charge in [-0.2, -0.15) is 0 Å². The highest BCUT2D eigenvalue weighted by atomic mass is 35.5. The third-order valence-electron chi connectivity index (χ3n) is 3.50. The molecule has 0 radical (unpaired) electrons. The van der Waals surface area contributed by atoms with Crippen LogP contribution in [0.25, 0.3) is 10.6 Å². The van der Waals surface area contributed by atoms with Gasteiger partial charge in [0.15, 0.2) is 0 Å². The van der Waals surface area contributed by atoms with Gasteiger partial charge in [0.05, 0.1) is 15.4 Å². The Labute approximate surface area is 148 Å². The van der Waals surface area contributed by atoms with Crippen LogP contribution in [0.4, 0.5) is 5.95 Å². The molecule has 0 aliphatic carbocycles. The number of nitrogens with one attached hydrogen (secondary N) is 1. The van der Waals surface area contributed by atoms with Crippen molar-refractivity contribution in [1.29, 1.82) is 0 Å². The zero-order valence-electron chi connectivity index (χ0n) is 12.9. The van der Waals surface area contributed by atoms with Crippen LogP contribution >= 0.6 is 22.9 Å². The number of anilines is 1. The molecule has 2 heterocycles. The number of carbonyl (C=O) groups excluding carboxylic acids is 1. The monoisotopic (exact) mass is 358 g/mol. The van der Waals surface area contributed by atoms with E-state index in [2.05, 4.69) is 15.3 Å². The fourth-order valence-electron chi connectivity index (χ4n) is 2.23. The summed E-state index contributed by atoms with van der Waals surface area (Å²) >= 11 is 7.31. The molecule has 7 heteroatoms. The zero-order valence-corrected chi connectivity index (χ0v) is 14.5. The van der Waals surface area contributed by atoms with Gasteiger partial charge < -0.3 is 11.1 Å². The van der Waals surface area contributed by atoms with E-state index in [1.807, 2.05) is 31.2 Å². The maximum Gasteiger partial charge on any atom is 0.261 e. The smallest absolute Gasteiger partial charge is 0.261 e. The molecule has 5 nitrogen and oxygen atoms in total. The Morgan fingerprint density at radius 1 is 1.29 bits per heavy atom. The van der Waals surface area contributed by atoms with Gasteiger partial charge in [0.1, 0.15) is 0 Å². The second-order valence-electron chi connectivity index (χ2n) is 5.22. The Kier molecular flexibility index (Phi) is 4.78. The van der Waals surface area contributed by atoms with Crippen LogP contribution in [-0.4, -0.2) is 15.9 Å². The highest BCUT2D eigenvalue weighted by Gasteiger charge is 2.11. The first-order valence-electron chi connectivity index (χ1n) is 7.25. The summed E-state index contributed by atoms with van der Waals surface area (Å²) in [6.07, 6.45) is 1.60. The molecule has 0 atom stereocenters. The van der Waals surface area contributed by atoms with Crippen LogP contribution in [0, 0.1) is 6.92 Å². The molecule has 0 aliphatic rings. The number of hydrogen-bond donors (Lipinski definition) is 2. The Balaban J connectivity index is 1.70. The number of amides is 1. The lowest BCUT2D eigenvalue weighted by Gasteiger charge is -2.07. The number of nitrogen functional groups attached to an aromatic ring is 1. The minimum Gasteiger partial charge on any atom is -0.368 e. The van der Waals surface area contributed by atoms with Crippen molar-refractivity contribution in [2.45, 2.75) is 13.5 Å². The predicted molar refractivity (Wildman–Crippen MR) is 97.1 cm³/mol. The van der Waals surface area contributed by atoms with Gasteiger partial charge in [-0.05, 0) is 48.4 Å². The summed E-state index contributed by atoms with van der Waals surface area (Å²) in [5, 5.41) is 3.61. The molecule has 3 N–H and O–H groups in total. The first kappa shape index (κ1) is 16.4. The van der Waals surface area contributed by atoms with Gasteiger partial charge in [0.2, 0.25) is 5.95 Å². The molecular weight excluding hydrogens is 344 g/mol. The van der Waals surface area contributed by atoms with E-state index in [4.69, 9.17) is 17.3 Å². The van der Waals surface area contributed by atoms with Crippen molar-refractivity contribution in [3.05, 3.63) is 63.6 Å². The van der Waals surface area contributed by atoms with Gasteiger partial charge in [0.25, 0.3) is 5.91 Å². The lowest BCUT2D eigenvalue weighted by Crippen LogP contribution is -2.22. The molecule has 2 aromatic heterocycles. The first-order valence-corrected chi connectivity index (χ1v) is 8.44. The lowest BCUT2D eigenvalue weighted by atomic mass is 10.1. The van der Waals surface area contributed by atoms with E-state index >= 15 is 0 Å². The number of benzene rings is 1. The number of aromatic nitrogens is 2. The molecule has 1 aromatic carbocycles. The topological polar surface area (TPSA) is 80.9 Å². The number of halogens is 1. The zero-order chi connectivity index (χ0) is 17.1. The molecule has 24 heavy (non-hydrogen) atoms. The fourth-order valence-corrected chi connectivity index (χ4v) is 3.35. The summed E-state index contributed by atoms with van der Waals surface area (Å²) in [6, 6.07) is 11.0. The van der Waals surface area contributed by atoms with Gasteiger partial charge in [-0.3, -0.25) is 4.79 Å². The number of hydrogen-bond acceptors (Lipinski definition) is 5. The normalized spacial score (nSPS) is 10.6. The van der Waals surface area contributed by atoms with E-state index < -0.39 is 0 Å². The average Bonchev–Trinajstić information content (AvgIpc) is 3.04. The number of carbonyl (C=O) groups is 1. The van der Waals surface area contributed by atoms with Crippen molar-refractivity contribution in [2.24, 2.45) is 0 Å². The molecule has 3 rings (SSSR count). The average molecular weight is 359 g/mol. The van der Waals surface area contributed by atoms with Crippen molar-refractivity contribution in [1.82, 2.24) is 15.3 Å². The maximum atomic E-state index is 12.3. The fraction of sp³-hybridized carbons (Fsp3) is 0.118. The van der Waals surface area contributed by atoms with Crippen LogP contribution in [0.3, 0.4) is 0 Å². The maximum absolute atomic E-state index is 12.3. The molecule has 3 aromatic rings. The van der Waals surface area contributed by atoms with Gasteiger partial charge >= 0.3 is 0 Å². The molecule has 122 valence electrons. The van der Waals surface area contributed by atoms with E-state index in [9.17, 15) is 4.79 Å². The highest BCUT2D eigenvalue weighted by Crippen LogP contribution is 2.26. The standard InChI is InChI=1S/C17H15ClN4OS/c1-10-8-12(18)3-2-11(10)9-21-16(23)15-5-4-14(24-15)13-6-7-20-17(19)22-13/h2-8H,9H2,1H3,(H,21,23)(H2,19,20,22). The first-order chi connectivity index (χ1) is 11.5. The summed E-state index contributed by atoms with van der Waals surface area (Å²) < 4.78 is 0. The van der Waals surface area contributed by atoms with Crippen LogP contribution in [0.2, 0.25) is 5.02 Å². The van der Waals surface area contributed by atoms with Gasteiger partial charge in [0, 0.05) is 17.8 Å². The van der Waals surface area contributed by atoms with E-state index in [0.717, 1.165) is 16.0 Å². The van der Waals surface area contributed by atoms with E-state index in [1.54, 1.807) is 18.3 Å². The summed E-state index contributed by atoms with van der Waals surface area (Å²) in [4.78, 5) is 21.8. The SMILES string of the molecule is Cc1cc(Cl)ccc1CNC(=O)c1ccc(-c2ccnc(N)n2)s1. The molecule has 0 bridgehead atoms. The summed E-state index contributed by atoms with van der Waals surface area (Å²) in [6.45, 7) is 2.42. The summed E-state index contributed by atoms with van der Waals surface area (Å²) in [5.74, 6) is 0.0905. The molecule has 1 amide bonds. The van der Waals surface area contributed by atoms with Crippen LogP contribution in [0.5, 0.6) is 0 Å². The Morgan fingerprint density at radius 3 is 2.88 bits per heavy atom. The molecule has 0 saturated carbocycles. The number of nitrogens with zero attached hydrogens (tertiary/aromatic N) is 2. The largest absolute Gasteiger partial charge is 0.368 e. The van der Waals surface area contributed by atoms with Crippen molar-refractivity contribution in [3.63, 3.8) is 0 Å². The second-order valence-corrected chi connectivity index (χ2v) is 6.74. The van der Waals surface area contributed by atoms with Gasteiger partial charge in [-0.15, -0.1) is 11.3 Å². The number of aryl methyl sites for hydroxylation is 1. The Morgan fingerprint density at radius 2 is 2.12 bits per heavy atom. The predicted octanol–water partition coefficient (Wildman–Crippen LogP) is 3.68.